The fraction of sp³-hybridized carbons (Fsp3) is 0.643. The highest BCUT2D eigenvalue weighted by molar-refractivity contribution is 9.10. The predicted octanol–water partition coefficient (Wildman–Crippen LogP) is 2.62. The molecule has 1 amide bonds. The van der Waals surface area contributed by atoms with Gasteiger partial charge in [-0.15, -0.1) is 0 Å². The van der Waals surface area contributed by atoms with E-state index in [-0.39, 0.29) is 11.9 Å². The minimum atomic E-state index is -0.162. The average molecular weight is 342 g/mol. The molecule has 2 rings (SSSR count). The SMILES string of the molecule is C[C@H](NC(=O)CCC1CCOCC1)c1ncc(Br)cn1. The molecule has 0 bridgehead atoms. The number of halogens is 1. The molecule has 1 aromatic rings. The third kappa shape index (κ3) is 4.83. The fourth-order valence-electron chi connectivity index (χ4n) is 2.29. The minimum Gasteiger partial charge on any atom is -0.381 e. The zero-order valence-electron chi connectivity index (χ0n) is 11.6. The number of aromatic nitrogens is 2. The molecule has 2 heterocycles. The molecule has 110 valence electrons. The van der Waals surface area contributed by atoms with E-state index in [1.54, 1.807) is 12.4 Å². The molecule has 1 atom stereocenters. The molecule has 1 fully saturated rings. The lowest BCUT2D eigenvalue weighted by molar-refractivity contribution is -0.122. The van der Waals surface area contributed by atoms with Gasteiger partial charge in [-0.3, -0.25) is 4.79 Å². The van der Waals surface area contributed by atoms with E-state index in [9.17, 15) is 4.79 Å². The van der Waals surface area contributed by atoms with Crippen LogP contribution in [0.25, 0.3) is 0 Å². The summed E-state index contributed by atoms with van der Waals surface area (Å²) in [5.41, 5.74) is 0. The van der Waals surface area contributed by atoms with E-state index in [4.69, 9.17) is 4.74 Å². The lowest BCUT2D eigenvalue weighted by Gasteiger charge is -2.21. The Balaban J connectivity index is 1.74. The Morgan fingerprint density at radius 3 is 2.75 bits per heavy atom. The van der Waals surface area contributed by atoms with Crippen molar-refractivity contribution in [2.75, 3.05) is 13.2 Å². The molecule has 0 unspecified atom stereocenters. The molecule has 1 aliphatic heterocycles. The zero-order chi connectivity index (χ0) is 14.4. The number of amides is 1. The smallest absolute Gasteiger partial charge is 0.220 e. The van der Waals surface area contributed by atoms with Gasteiger partial charge in [0.1, 0.15) is 5.82 Å². The molecule has 0 aliphatic carbocycles. The highest BCUT2D eigenvalue weighted by Gasteiger charge is 2.17. The van der Waals surface area contributed by atoms with Crippen molar-refractivity contribution >= 4 is 21.8 Å². The van der Waals surface area contributed by atoms with Gasteiger partial charge < -0.3 is 10.1 Å². The molecule has 1 aliphatic rings. The molecular formula is C14H20BrN3O2. The van der Waals surface area contributed by atoms with Gasteiger partial charge in [-0.1, -0.05) is 0 Å². The summed E-state index contributed by atoms with van der Waals surface area (Å²) in [6.45, 7) is 3.56. The summed E-state index contributed by atoms with van der Waals surface area (Å²) < 4.78 is 6.15. The molecule has 20 heavy (non-hydrogen) atoms. The molecule has 0 radical (unpaired) electrons. The van der Waals surface area contributed by atoms with Crippen molar-refractivity contribution in [1.29, 1.82) is 0 Å². The van der Waals surface area contributed by atoms with Crippen molar-refractivity contribution < 1.29 is 9.53 Å². The first-order valence-corrected chi connectivity index (χ1v) is 7.79. The van der Waals surface area contributed by atoms with Gasteiger partial charge in [0, 0.05) is 32.0 Å². The number of hydrogen-bond acceptors (Lipinski definition) is 4. The zero-order valence-corrected chi connectivity index (χ0v) is 13.2. The van der Waals surface area contributed by atoms with Crippen molar-refractivity contribution in [2.24, 2.45) is 5.92 Å². The monoisotopic (exact) mass is 341 g/mol. The second kappa shape index (κ2) is 7.69. The third-order valence-corrected chi connectivity index (χ3v) is 3.94. The topological polar surface area (TPSA) is 64.1 Å². The van der Waals surface area contributed by atoms with Crippen LogP contribution in [0.2, 0.25) is 0 Å². The summed E-state index contributed by atoms with van der Waals surface area (Å²) in [6, 6.07) is -0.162. The van der Waals surface area contributed by atoms with Crippen LogP contribution in [0, 0.1) is 5.92 Å². The maximum Gasteiger partial charge on any atom is 0.220 e. The van der Waals surface area contributed by atoms with E-state index in [2.05, 4.69) is 31.2 Å². The number of carbonyl (C=O) groups excluding carboxylic acids is 1. The van der Waals surface area contributed by atoms with Gasteiger partial charge in [-0.2, -0.15) is 0 Å². The normalized spacial score (nSPS) is 17.7. The van der Waals surface area contributed by atoms with Gasteiger partial charge in [-0.05, 0) is 48.0 Å². The standard InChI is InChI=1S/C14H20BrN3O2/c1-10(14-16-8-12(15)9-17-14)18-13(19)3-2-11-4-6-20-7-5-11/h8-11H,2-7H2,1H3,(H,18,19)/t10-/m0/s1. The highest BCUT2D eigenvalue weighted by atomic mass is 79.9. The van der Waals surface area contributed by atoms with Crippen molar-refractivity contribution in [2.45, 2.75) is 38.6 Å². The van der Waals surface area contributed by atoms with Crippen LogP contribution in [0.4, 0.5) is 0 Å². The van der Waals surface area contributed by atoms with Crippen molar-refractivity contribution in [3.05, 3.63) is 22.7 Å². The van der Waals surface area contributed by atoms with Crippen LogP contribution in [0.1, 0.15) is 44.5 Å². The van der Waals surface area contributed by atoms with Crippen LogP contribution in [-0.4, -0.2) is 29.1 Å². The summed E-state index contributed by atoms with van der Waals surface area (Å²) in [4.78, 5) is 20.3. The first kappa shape index (κ1) is 15.4. The predicted molar refractivity (Wildman–Crippen MR) is 79.1 cm³/mol. The lowest BCUT2D eigenvalue weighted by Crippen LogP contribution is -2.28. The van der Waals surface area contributed by atoms with E-state index in [1.165, 1.54) is 0 Å². The van der Waals surface area contributed by atoms with E-state index in [0.29, 0.717) is 18.2 Å². The summed E-state index contributed by atoms with van der Waals surface area (Å²) in [6.07, 6.45) is 7.01. The van der Waals surface area contributed by atoms with Gasteiger partial charge in [0.25, 0.3) is 0 Å². The Morgan fingerprint density at radius 1 is 1.45 bits per heavy atom. The Kier molecular flexibility index (Phi) is 5.91. The quantitative estimate of drug-likeness (QED) is 0.893. The molecule has 1 N–H and O–H groups in total. The second-order valence-electron chi connectivity index (χ2n) is 5.14. The maximum atomic E-state index is 11.9. The van der Waals surface area contributed by atoms with Crippen molar-refractivity contribution in [3.8, 4) is 0 Å². The van der Waals surface area contributed by atoms with E-state index < -0.39 is 0 Å². The minimum absolute atomic E-state index is 0.0653. The van der Waals surface area contributed by atoms with Gasteiger partial charge in [0.2, 0.25) is 5.91 Å². The first-order valence-electron chi connectivity index (χ1n) is 6.99. The number of nitrogens with zero attached hydrogens (tertiary/aromatic N) is 2. The van der Waals surface area contributed by atoms with Crippen LogP contribution in [0.15, 0.2) is 16.9 Å². The molecule has 1 saturated heterocycles. The Bertz CT molecular complexity index is 433. The summed E-state index contributed by atoms with van der Waals surface area (Å²) in [7, 11) is 0. The molecular weight excluding hydrogens is 322 g/mol. The molecule has 0 spiro atoms. The number of hydrogen-bond donors (Lipinski definition) is 1. The van der Waals surface area contributed by atoms with Crippen LogP contribution in [0.3, 0.4) is 0 Å². The fourth-order valence-corrected chi connectivity index (χ4v) is 2.50. The maximum absolute atomic E-state index is 11.9. The second-order valence-corrected chi connectivity index (χ2v) is 6.06. The van der Waals surface area contributed by atoms with Gasteiger partial charge in [0.05, 0.1) is 10.5 Å². The van der Waals surface area contributed by atoms with E-state index in [1.807, 2.05) is 6.92 Å². The van der Waals surface area contributed by atoms with Crippen molar-refractivity contribution in [3.63, 3.8) is 0 Å². The van der Waals surface area contributed by atoms with Crippen LogP contribution in [-0.2, 0) is 9.53 Å². The number of carbonyl (C=O) groups is 1. The van der Waals surface area contributed by atoms with E-state index >= 15 is 0 Å². The largest absolute Gasteiger partial charge is 0.381 e. The van der Waals surface area contributed by atoms with Gasteiger partial charge in [0.15, 0.2) is 0 Å². The van der Waals surface area contributed by atoms with E-state index in [0.717, 1.165) is 36.9 Å². The molecule has 5 nitrogen and oxygen atoms in total. The molecule has 1 aromatic heterocycles. The molecule has 6 heteroatoms. The van der Waals surface area contributed by atoms with Crippen molar-refractivity contribution in [1.82, 2.24) is 15.3 Å². The highest BCUT2D eigenvalue weighted by Crippen LogP contribution is 2.20. The van der Waals surface area contributed by atoms with Crippen LogP contribution in [0.5, 0.6) is 0 Å². The average Bonchev–Trinajstić information content (AvgIpc) is 2.47. The molecule has 0 aromatic carbocycles. The van der Waals surface area contributed by atoms with Crippen LogP contribution < -0.4 is 5.32 Å². The number of ether oxygens (including phenoxy) is 1. The van der Waals surface area contributed by atoms with Gasteiger partial charge in [-0.25, -0.2) is 9.97 Å². The summed E-state index contributed by atoms with van der Waals surface area (Å²) >= 11 is 3.29. The Labute approximate surface area is 127 Å². The molecule has 0 saturated carbocycles. The summed E-state index contributed by atoms with van der Waals surface area (Å²) in [5, 5.41) is 2.94. The Morgan fingerprint density at radius 2 is 2.10 bits per heavy atom. The Hall–Kier alpha value is -1.01. The lowest BCUT2D eigenvalue weighted by atomic mass is 9.95. The number of rotatable bonds is 5. The van der Waals surface area contributed by atoms with Crippen LogP contribution >= 0.6 is 15.9 Å². The summed E-state index contributed by atoms with van der Waals surface area (Å²) in [5.74, 6) is 1.32. The number of nitrogens with one attached hydrogen (secondary N) is 1. The van der Waals surface area contributed by atoms with Gasteiger partial charge >= 0.3 is 0 Å². The first-order chi connectivity index (χ1) is 9.65. The third-order valence-electron chi connectivity index (χ3n) is 3.53.